The van der Waals surface area contributed by atoms with E-state index in [4.69, 9.17) is 4.74 Å². The molecule has 36 heavy (non-hydrogen) atoms. The molecule has 0 fully saturated rings. The van der Waals surface area contributed by atoms with E-state index in [-0.39, 0.29) is 23.3 Å². The van der Waals surface area contributed by atoms with E-state index in [1.807, 2.05) is 42.5 Å². The van der Waals surface area contributed by atoms with Crippen molar-refractivity contribution in [3.63, 3.8) is 0 Å². The Kier molecular flexibility index (Phi) is 7.89. The minimum atomic E-state index is -1.02. The van der Waals surface area contributed by atoms with Gasteiger partial charge in [0.05, 0.1) is 5.56 Å². The number of esters is 1. The fourth-order valence-electron chi connectivity index (χ4n) is 4.24. The second-order valence-electron chi connectivity index (χ2n) is 8.91. The minimum absolute atomic E-state index is 0.0617. The van der Waals surface area contributed by atoms with E-state index < -0.39 is 23.4 Å². The summed E-state index contributed by atoms with van der Waals surface area (Å²) >= 11 is 0. The largest absolute Gasteiger partial charge is 0.423 e. The number of hydrogen-bond acceptors (Lipinski definition) is 2. The van der Waals surface area contributed by atoms with Crippen molar-refractivity contribution >= 4 is 5.97 Å². The molecule has 0 radical (unpaired) electrons. The molecule has 0 spiro atoms. The maximum absolute atomic E-state index is 14.8. The van der Waals surface area contributed by atoms with Crippen molar-refractivity contribution in [1.29, 1.82) is 0 Å². The zero-order valence-corrected chi connectivity index (χ0v) is 20.2. The summed E-state index contributed by atoms with van der Waals surface area (Å²) in [5, 5.41) is 0. The van der Waals surface area contributed by atoms with Crippen LogP contribution in [-0.2, 0) is 12.8 Å². The van der Waals surface area contributed by atoms with Gasteiger partial charge in [0.1, 0.15) is 23.2 Å². The Balaban J connectivity index is 1.45. The highest BCUT2D eigenvalue weighted by atomic mass is 19.1. The molecule has 0 unspecified atom stereocenters. The molecule has 0 aromatic heterocycles. The normalized spacial score (nSPS) is 11.8. The van der Waals surface area contributed by atoms with E-state index in [0.29, 0.717) is 17.9 Å². The number of carbonyl (C=O) groups excluding carboxylic acids is 1. The van der Waals surface area contributed by atoms with Crippen LogP contribution in [0.3, 0.4) is 0 Å². The number of carbonyl (C=O) groups is 1. The average molecular weight is 489 g/mol. The molecular weight excluding hydrogens is 461 g/mol. The molecule has 4 aromatic carbocycles. The summed E-state index contributed by atoms with van der Waals surface area (Å²) < 4.78 is 48.2. The number of benzene rings is 4. The summed E-state index contributed by atoms with van der Waals surface area (Å²) in [6.45, 7) is 3.98. The lowest BCUT2D eigenvalue weighted by atomic mass is 9.93. The van der Waals surface area contributed by atoms with Crippen LogP contribution >= 0.6 is 0 Å². The van der Waals surface area contributed by atoms with Gasteiger partial charge in [0.15, 0.2) is 0 Å². The van der Waals surface area contributed by atoms with E-state index in [1.54, 1.807) is 13.0 Å². The van der Waals surface area contributed by atoms with E-state index in [2.05, 4.69) is 19.1 Å². The van der Waals surface area contributed by atoms with Gasteiger partial charge in [0, 0.05) is 17.7 Å². The number of hydrogen-bond donors (Lipinski definition) is 0. The topological polar surface area (TPSA) is 26.3 Å². The molecule has 1 atom stereocenters. The van der Waals surface area contributed by atoms with E-state index in [0.717, 1.165) is 24.1 Å². The number of halogens is 3. The summed E-state index contributed by atoms with van der Waals surface area (Å²) in [6.07, 6.45) is 1.68. The summed E-state index contributed by atoms with van der Waals surface area (Å²) in [6, 6.07) is 24.2. The van der Waals surface area contributed by atoms with Crippen molar-refractivity contribution in [1.82, 2.24) is 0 Å². The Labute approximate surface area is 209 Å². The van der Waals surface area contributed by atoms with Gasteiger partial charge in [-0.05, 0) is 53.1 Å². The lowest BCUT2D eigenvalue weighted by Crippen LogP contribution is -2.11. The Morgan fingerprint density at radius 2 is 1.44 bits per heavy atom. The van der Waals surface area contributed by atoms with Gasteiger partial charge in [-0.25, -0.2) is 18.0 Å². The van der Waals surface area contributed by atoms with E-state index >= 15 is 0 Å². The maximum Gasteiger partial charge on any atom is 0.346 e. The molecule has 0 aliphatic rings. The van der Waals surface area contributed by atoms with Crippen LogP contribution in [0.5, 0.6) is 5.75 Å². The SMILES string of the molecule is CCCc1c(F)cc(OC(=O)c2ccc(-c3ccc(C[C@H](C)c4ccccc4)cc3)cc2F)cc1F. The smallest absolute Gasteiger partial charge is 0.346 e. The van der Waals surface area contributed by atoms with Gasteiger partial charge in [0.2, 0.25) is 0 Å². The third kappa shape index (κ3) is 5.85. The predicted molar refractivity (Wildman–Crippen MR) is 136 cm³/mol. The van der Waals surface area contributed by atoms with Crippen LogP contribution in [0.25, 0.3) is 11.1 Å². The second kappa shape index (κ2) is 11.3. The van der Waals surface area contributed by atoms with Crippen molar-refractivity contribution in [3.8, 4) is 16.9 Å². The van der Waals surface area contributed by atoms with Gasteiger partial charge in [-0.2, -0.15) is 0 Å². The van der Waals surface area contributed by atoms with Crippen LogP contribution < -0.4 is 4.74 Å². The molecule has 0 aliphatic heterocycles. The molecule has 0 N–H and O–H groups in total. The number of rotatable bonds is 8. The first-order chi connectivity index (χ1) is 17.4. The molecule has 4 aromatic rings. The lowest BCUT2D eigenvalue weighted by Gasteiger charge is -2.13. The molecule has 0 aliphatic carbocycles. The quantitative estimate of drug-likeness (QED) is 0.184. The molecule has 2 nitrogen and oxygen atoms in total. The second-order valence-corrected chi connectivity index (χ2v) is 8.91. The Morgan fingerprint density at radius 3 is 2.06 bits per heavy atom. The third-order valence-corrected chi connectivity index (χ3v) is 6.21. The fourth-order valence-corrected chi connectivity index (χ4v) is 4.24. The number of ether oxygens (including phenoxy) is 1. The van der Waals surface area contributed by atoms with Crippen molar-refractivity contribution in [3.05, 3.63) is 125 Å². The van der Waals surface area contributed by atoms with Gasteiger partial charge >= 0.3 is 5.97 Å². The Morgan fingerprint density at radius 1 is 0.806 bits per heavy atom. The highest BCUT2D eigenvalue weighted by Gasteiger charge is 2.18. The fraction of sp³-hybridized carbons (Fsp3) is 0.194. The predicted octanol–water partition coefficient (Wildman–Crippen LogP) is 8.29. The van der Waals surface area contributed by atoms with Gasteiger partial charge in [-0.15, -0.1) is 0 Å². The van der Waals surface area contributed by atoms with Crippen LogP contribution in [0.1, 0.15) is 53.2 Å². The first-order valence-electron chi connectivity index (χ1n) is 12.0. The zero-order valence-electron chi connectivity index (χ0n) is 20.2. The summed E-state index contributed by atoms with van der Waals surface area (Å²) in [4.78, 5) is 12.5. The van der Waals surface area contributed by atoms with Crippen LogP contribution in [-0.4, -0.2) is 5.97 Å². The molecule has 0 saturated carbocycles. The van der Waals surface area contributed by atoms with Gasteiger partial charge in [-0.3, -0.25) is 0 Å². The molecule has 5 heteroatoms. The molecule has 0 saturated heterocycles. The van der Waals surface area contributed by atoms with Crippen molar-refractivity contribution < 1.29 is 22.7 Å². The van der Waals surface area contributed by atoms with Gasteiger partial charge < -0.3 is 4.74 Å². The standard InChI is InChI=1S/C31H27F3O2/c1-3-7-26-29(33)18-25(19-30(26)34)36-31(35)27-15-14-24(17-28(27)32)23-12-10-21(11-13-23)16-20(2)22-8-5-4-6-9-22/h4-6,8-15,17-20H,3,7,16H2,1-2H3/t20-/m0/s1. The van der Waals surface area contributed by atoms with Gasteiger partial charge in [-0.1, -0.05) is 80.9 Å². The highest BCUT2D eigenvalue weighted by molar-refractivity contribution is 5.92. The molecule has 0 heterocycles. The summed E-state index contributed by atoms with van der Waals surface area (Å²) in [5.74, 6) is -3.33. The first-order valence-corrected chi connectivity index (χ1v) is 12.0. The third-order valence-electron chi connectivity index (χ3n) is 6.21. The van der Waals surface area contributed by atoms with E-state index in [1.165, 1.54) is 23.3 Å². The molecule has 184 valence electrons. The van der Waals surface area contributed by atoms with Crippen molar-refractivity contribution in [2.75, 3.05) is 0 Å². The molecule has 0 amide bonds. The van der Waals surface area contributed by atoms with Crippen molar-refractivity contribution in [2.45, 2.75) is 39.0 Å². The summed E-state index contributed by atoms with van der Waals surface area (Å²) in [7, 11) is 0. The Hall–Kier alpha value is -3.86. The van der Waals surface area contributed by atoms with E-state index in [9.17, 15) is 18.0 Å². The van der Waals surface area contributed by atoms with Crippen molar-refractivity contribution in [2.24, 2.45) is 0 Å². The van der Waals surface area contributed by atoms with Crippen LogP contribution in [0.2, 0.25) is 0 Å². The Bertz CT molecular complexity index is 1330. The van der Waals surface area contributed by atoms with Crippen LogP contribution in [0.15, 0.2) is 84.9 Å². The monoisotopic (exact) mass is 488 g/mol. The zero-order chi connectivity index (χ0) is 25.7. The molecule has 4 rings (SSSR count). The highest BCUT2D eigenvalue weighted by Crippen LogP contribution is 2.27. The summed E-state index contributed by atoms with van der Waals surface area (Å²) in [5.41, 5.74) is 3.47. The van der Waals surface area contributed by atoms with Crippen LogP contribution in [0.4, 0.5) is 13.2 Å². The van der Waals surface area contributed by atoms with Crippen LogP contribution in [0, 0.1) is 17.5 Å². The average Bonchev–Trinajstić information content (AvgIpc) is 2.87. The lowest BCUT2D eigenvalue weighted by molar-refractivity contribution is 0.0729. The van der Waals surface area contributed by atoms with Gasteiger partial charge in [0.25, 0.3) is 0 Å². The molecule has 0 bridgehead atoms. The minimum Gasteiger partial charge on any atom is -0.423 e. The maximum atomic E-state index is 14.8. The first kappa shape index (κ1) is 25.2. The molecular formula is C31H27F3O2.